The van der Waals surface area contributed by atoms with E-state index < -0.39 is 6.10 Å². The van der Waals surface area contributed by atoms with Gasteiger partial charge in [-0.3, -0.25) is 0 Å². The third kappa shape index (κ3) is 2.56. The molecule has 1 aromatic rings. The fraction of sp³-hybridized carbons (Fsp3) is 0.700. The van der Waals surface area contributed by atoms with Crippen molar-refractivity contribution in [3.05, 3.63) is 36.3 Å². The van der Waals surface area contributed by atoms with Gasteiger partial charge < -0.3 is 9.52 Å². The van der Waals surface area contributed by atoms with E-state index in [0.717, 1.165) is 24.3 Å². The van der Waals surface area contributed by atoms with Gasteiger partial charge in [-0.25, -0.2) is 0 Å². The van der Waals surface area contributed by atoms with Gasteiger partial charge >= 0.3 is 0 Å². The summed E-state index contributed by atoms with van der Waals surface area (Å²) in [5, 5.41) is 10.6. The van der Waals surface area contributed by atoms with E-state index in [1.807, 2.05) is 6.07 Å². The van der Waals surface area contributed by atoms with Crippen molar-refractivity contribution in [1.82, 2.24) is 0 Å². The molecule has 1 unspecified atom stereocenters. The van der Waals surface area contributed by atoms with E-state index in [-0.39, 0.29) is 5.41 Å². The SMILES string of the molecule is C=C1CC[C@H]2C(C)(C)CCC[C@]2(C)[C@H]1CC(O)c1ccoc1. The van der Waals surface area contributed by atoms with Gasteiger partial charge in [-0.15, -0.1) is 0 Å². The van der Waals surface area contributed by atoms with Crippen LogP contribution in [-0.2, 0) is 0 Å². The lowest BCUT2D eigenvalue weighted by Gasteiger charge is -2.58. The van der Waals surface area contributed by atoms with Crippen LogP contribution in [0.15, 0.2) is 35.2 Å². The Bertz CT molecular complexity index is 528. The molecule has 0 radical (unpaired) electrons. The number of aliphatic hydroxyl groups excluding tert-OH is 1. The van der Waals surface area contributed by atoms with E-state index in [2.05, 4.69) is 27.4 Å². The number of aliphatic hydroxyl groups is 1. The highest BCUT2D eigenvalue weighted by Crippen LogP contribution is 2.62. The molecule has 2 heteroatoms. The average molecular weight is 302 g/mol. The monoisotopic (exact) mass is 302 g/mol. The Morgan fingerprint density at radius 2 is 2.14 bits per heavy atom. The largest absolute Gasteiger partial charge is 0.472 e. The molecule has 0 amide bonds. The Hall–Kier alpha value is -1.02. The fourth-order valence-electron chi connectivity index (χ4n) is 5.53. The maximum absolute atomic E-state index is 10.6. The van der Waals surface area contributed by atoms with Gasteiger partial charge in [0.15, 0.2) is 0 Å². The van der Waals surface area contributed by atoms with Gasteiger partial charge in [-0.1, -0.05) is 39.3 Å². The molecule has 0 saturated heterocycles. The number of fused-ring (bicyclic) bond motifs is 1. The summed E-state index contributed by atoms with van der Waals surface area (Å²) in [6, 6.07) is 1.88. The van der Waals surface area contributed by atoms with Crippen molar-refractivity contribution in [2.45, 2.75) is 65.4 Å². The van der Waals surface area contributed by atoms with Gasteiger partial charge in [0, 0.05) is 5.56 Å². The molecule has 2 aliphatic rings. The molecule has 0 bridgehead atoms. The number of hydrogen-bond donors (Lipinski definition) is 1. The second kappa shape index (κ2) is 5.56. The first kappa shape index (κ1) is 15.9. The Labute approximate surface area is 134 Å². The first-order chi connectivity index (χ1) is 10.3. The summed E-state index contributed by atoms with van der Waals surface area (Å²) in [4.78, 5) is 0. The Morgan fingerprint density at radius 3 is 2.82 bits per heavy atom. The second-order valence-corrected chi connectivity index (χ2v) is 8.46. The predicted octanol–water partition coefficient (Wildman–Crippen LogP) is 5.50. The van der Waals surface area contributed by atoms with Crippen LogP contribution in [0.2, 0.25) is 0 Å². The molecule has 0 aromatic carbocycles. The lowest BCUT2D eigenvalue weighted by molar-refractivity contribution is -0.0638. The van der Waals surface area contributed by atoms with Crippen molar-refractivity contribution in [1.29, 1.82) is 0 Å². The highest BCUT2D eigenvalue weighted by molar-refractivity contribution is 5.18. The van der Waals surface area contributed by atoms with Crippen molar-refractivity contribution in [2.75, 3.05) is 0 Å². The minimum atomic E-state index is -0.443. The van der Waals surface area contributed by atoms with Gasteiger partial charge in [-0.05, 0) is 60.8 Å². The number of allylic oxidation sites excluding steroid dienone is 1. The zero-order valence-electron chi connectivity index (χ0n) is 14.3. The quantitative estimate of drug-likeness (QED) is 0.748. The van der Waals surface area contributed by atoms with Crippen LogP contribution in [0, 0.1) is 22.7 Å². The van der Waals surface area contributed by atoms with Crippen LogP contribution in [0.3, 0.4) is 0 Å². The topological polar surface area (TPSA) is 33.4 Å². The normalized spacial score (nSPS) is 35.9. The lowest BCUT2D eigenvalue weighted by atomic mass is 9.47. The number of hydrogen-bond acceptors (Lipinski definition) is 2. The molecule has 0 aliphatic heterocycles. The number of furan rings is 1. The Morgan fingerprint density at radius 1 is 1.36 bits per heavy atom. The Balaban J connectivity index is 1.86. The summed E-state index contributed by atoms with van der Waals surface area (Å²) in [6.07, 6.45) is 9.92. The maximum Gasteiger partial charge on any atom is 0.0960 e. The molecule has 2 aliphatic carbocycles. The van der Waals surface area contributed by atoms with Gasteiger partial charge in [0.05, 0.1) is 18.6 Å². The van der Waals surface area contributed by atoms with Crippen molar-refractivity contribution in [2.24, 2.45) is 22.7 Å². The zero-order valence-corrected chi connectivity index (χ0v) is 14.3. The molecule has 22 heavy (non-hydrogen) atoms. The molecule has 122 valence electrons. The molecule has 0 spiro atoms. The summed E-state index contributed by atoms with van der Waals surface area (Å²) in [6.45, 7) is 11.7. The summed E-state index contributed by atoms with van der Waals surface area (Å²) >= 11 is 0. The second-order valence-electron chi connectivity index (χ2n) is 8.46. The molecular formula is C20H30O2. The molecule has 1 aromatic heterocycles. The van der Waals surface area contributed by atoms with E-state index in [9.17, 15) is 5.11 Å². The third-order valence-corrected chi connectivity index (χ3v) is 6.71. The summed E-state index contributed by atoms with van der Waals surface area (Å²) < 4.78 is 5.13. The molecule has 1 heterocycles. The van der Waals surface area contributed by atoms with Crippen molar-refractivity contribution in [3.8, 4) is 0 Å². The molecule has 3 rings (SSSR count). The highest BCUT2D eigenvalue weighted by Gasteiger charge is 2.53. The van der Waals surface area contributed by atoms with Crippen LogP contribution in [-0.4, -0.2) is 5.11 Å². The molecule has 2 fully saturated rings. The minimum absolute atomic E-state index is 0.280. The van der Waals surface area contributed by atoms with Crippen LogP contribution < -0.4 is 0 Å². The predicted molar refractivity (Wildman–Crippen MR) is 89.4 cm³/mol. The van der Waals surface area contributed by atoms with E-state index in [4.69, 9.17) is 4.42 Å². The zero-order chi connectivity index (χ0) is 16.0. The summed E-state index contributed by atoms with van der Waals surface area (Å²) in [7, 11) is 0. The van der Waals surface area contributed by atoms with E-state index in [1.165, 1.54) is 31.3 Å². The molecule has 4 atom stereocenters. The van der Waals surface area contributed by atoms with Gasteiger partial charge in [-0.2, -0.15) is 0 Å². The van der Waals surface area contributed by atoms with Crippen LogP contribution in [0.1, 0.15) is 71.0 Å². The molecule has 1 N–H and O–H groups in total. The van der Waals surface area contributed by atoms with E-state index in [0.29, 0.717) is 11.3 Å². The van der Waals surface area contributed by atoms with Crippen molar-refractivity contribution in [3.63, 3.8) is 0 Å². The smallest absolute Gasteiger partial charge is 0.0960 e. The van der Waals surface area contributed by atoms with Gasteiger partial charge in [0.25, 0.3) is 0 Å². The van der Waals surface area contributed by atoms with Crippen molar-refractivity contribution < 1.29 is 9.52 Å². The van der Waals surface area contributed by atoms with Crippen molar-refractivity contribution >= 4 is 0 Å². The van der Waals surface area contributed by atoms with Gasteiger partial charge in [0.1, 0.15) is 0 Å². The molecule has 2 saturated carbocycles. The fourth-order valence-corrected chi connectivity index (χ4v) is 5.53. The summed E-state index contributed by atoms with van der Waals surface area (Å²) in [5.41, 5.74) is 2.93. The molecule has 2 nitrogen and oxygen atoms in total. The number of rotatable bonds is 3. The molecular weight excluding hydrogens is 272 g/mol. The third-order valence-electron chi connectivity index (χ3n) is 6.71. The van der Waals surface area contributed by atoms with E-state index >= 15 is 0 Å². The summed E-state index contributed by atoms with van der Waals surface area (Å²) in [5.74, 6) is 1.15. The van der Waals surface area contributed by atoms with Crippen LogP contribution in [0.25, 0.3) is 0 Å². The Kier molecular flexibility index (Phi) is 4.01. The van der Waals surface area contributed by atoms with Crippen LogP contribution in [0.5, 0.6) is 0 Å². The lowest BCUT2D eigenvalue weighted by Crippen LogP contribution is -2.49. The highest BCUT2D eigenvalue weighted by atomic mass is 16.3. The standard InChI is InChI=1S/C20H30O2/c1-14-6-7-18-19(2,3)9-5-10-20(18,4)16(14)12-17(21)15-8-11-22-13-15/h8,11,13,16-18,21H,1,5-7,9-10,12H2,2-4H3/t16-,17?,18-,20+/m0/s1. The average Bonchev–Trinajstić information content (AvgIpc) is 2.96. The first-order valence-electron chi connectivity index (χ1n) is 8.72. The maximum atomic E-state index is 10.6. The van der Waals surface area contributed by atoms with Crippen LogP contribution in [0.4, 0.5) is 0 Å². The first-order valence-corrected chi connectivity index (χ1v) is 8.72. The van der Waals surface area contributed by atoms with Crippen LogP contribution >= 0.6 is 0 Å². The van der Waals surface area contributed by atoms with E-state index in [1.54, 1.807) is 12.5 Å². The van der Waals surface area contributed by atoms with Gasteiger partial charge in [0.2, 0.25) is 0 Å². The minimum Gasteiger partial charge on any atom is -0.472 e.